The van der Waals surface area contributed by atoms with Gasteiger partial charge in [-0.05, 0) is 36.9 Å². The molecule has 0 radical (unpaired) electrons. The minimum absolute atomic E-state index is 0.236. The summed E-state index contributed by atoms with van der Waals surface area (Å²) in [5.74, 6) is 0.480. The van der Waals surface area contributed by atoms with Gasteiger partial charge in [-0.2, -0.15) is 0 Å². The molecule has 0 aliphatic carbocycles. The molecule has 2 amide bonds. The van der Waals surface area contributed by atoms with Crippen LogP contribution in [0.5, 0.6) is 11.5 Å². The molecule has 29 heavy (non-hydrogen) atoms. The summed E-state index contributed by atoms with van der Waals surface area (Å²) < 4.78 is 16.0. The Morgan fingerprint density at radius 1 is 1.10 bits per heavy atom. The number of hydrogen-bond acceptors (Lipinski definition) is 7. The SMILES string of the molecule is CCOCCCN1C(=O)C(Nc2cc(OC)ccc2OC)=C(c2cccs2)C1=O. The fourth-order valence-electron chi connectivity index (χ4n) is 3.06. The number of carbonyl (C=O) groups is 2. The van der Waals surface area contributed by atoms with E-state index in [4.69, 9.17) is 14.2 Å². The number of carbonyl (C=O) groups excluding carboxylic acids is 2. The summed E-state index contributed by atoms with van der Waals surface area (Å²) >= 11 is 1.41. The maximum Gasteiger partial charge on any atom is 0.278 e. The Labute approximate surface area is 173 Å². The van der Waals surface area contributed by atoms with Gasteiger partial charge in [0.05, 0.1) is 25.5 Å². The molecule has 1 aromatic heterocycles. The third kappa shape index (κ3) is 4.44. The number of imide groups is 1. The number of nitrogens with one attached hydrogen (secondary N) is 1. The zero-order chi connectivity index (χ0) is 20.8. The number of thiophene rings is 1. The van der Waals surface area contributed by atoms with Crippen LogP contribution in [-0.2, 0) is 14.3 Å². The van der Waals surface area contributed by atoms with Crippen LogP contribution in [0.1, 0.15) is 18.2 Å². The second-order valence-corrected chi connectivity index (χ2v) is 7.18. The zero-order valence-corrected chi connectivity index (χ0v) is 17.5. The van der Waals surface area contributed by atoms with Gasteiger partial charge >= 0.3 is 0 Å². The Morgan fingerprint density at radius 2 is 1.93 bits per heavy atom. The molecule has 8 heteroatoms. The number of rotatable bonds is 10. The Balaban J connectivity index is 1.95. The number of ether oxygens (including phenoxy) is 3. The average Bonchev–Trinajstić information content (AvgIpc) is 3.33. The lowest BCUT2D eigenvalue weighted by Gasteiger charge is -2.16. The van der Waals surface area contributed by atoms with Crippen molar-refractivity contribution in [2.75, 3.05) is 39.3 Å². The average molecular weight is 416 g/mol. The maximum atomic E-state index is 13.1. The van der Waals surface area contributed by atoms with Gasteiger partial charge in [-0.3, -0.25) is 14.5 Å². The molecule has 2 aromatic rings. The molecule has 0 bridgehead atoms. The van der Waals surface area contributed by atoms with E-state index >= 15 is 0 Å². The molecule has 0 atom stereocenters. The monoisotopic (exact) mass is 416 g/mol. The lowest BCUT2D eigenvalue weighted by molar-refractivity contribution is -0.137. The van der Waals surface area contributed by atoms with Crippen LogP contribution in [0.25, 0.3) is 5.57 Å². The summed E-state index contributed by atoms with van der Waals surface area (Å²) in [5.41, 5.74) is 1.15. The standard InChI is InChI=1S/C21H24N2O5S/c1-4-28-11-6-10-23-20(24)18(17-7-5-12-29-17)19(21(23)25)22-15-13-14(26-2)8-9-16(15)27-3/h5,7-9,12-13,22H,4,6,10-11H2,1-3H3. The number of nitrogens with zero attached hydrogens (tertiary/aromatic N) is 1. The summed E-state index contributed by atoms with van der Waals surface area (Å²) in [7, 11) is 3.11. The normalized spacial score (nSPS) is 14.0. The van der Waals surface area contributed by atoms with Gasteiger partial charge in [0.25, 0.3) is 11.8 Å². The molecule has 2 heterocycles. The number of anilines is 1. The molecule has 0 fully saturated rings. The molecule has 1 aliphatic heterocycles. The van der Waals surface area contributed by atoms with Crippen molar-refractivity contribution in [1.29, 1.82) is 0 Å². The van der Waals surface area contributed by atoms with Crippen LogP contribution in [0.15, 0.2) is 41.4 Å². The predicted octanol–water partition coefficient (Wildman–Crippen LogP) is 3.38. The van der Waals surface area contributed by atoms with Crippen LogP contribution in [0.3, 0.4) is 0 Å². The van der Waals surface area contributed by atoms with Crippen molar-refractivity contribution >= 4 is 34.4 Å². The lowest BCUT2D eigenvalue weighted by atomic mass is 10.1. The minimum atomic E-state index is -0.361. The summed E-state index contributed by atoms with van der Waals surface area (Å²) in [6, 6.07) is 8.92. The van der Waals surface area contributed by atoms with E-state index in [1.54, 1.807) is 32.4 Å². The van der Waals surface area contributed by atoms with E-state index in [0.29, 0.717) is 48.9 Å². The van der Waals surface area contributed by atoms with Crippen molar-refractivity contribution < 1.29 is 23.8 Å². The van der Waals surface area contributed by atoms with E-state index in [1.807, 2.05) is 24.4 Å². The molecular formula is C21H24N2O5S. The van der Waals surface area contributed by atoms with E-state index in [2.05, 4.69) is 5.32 Å². The first-order valence-corrected chi connectivity index (χ1v) is 10.2. The van der Waals surface area contributed by atoms with Crippen molar-refractivity contribution in [3.05, 3.63) is 46.3 Å². The van der Waals surface area contributed by atoms with E-state index < -0.39 is 0 Å². The third-order valence-corrected chi connectivity index (χ3v) is 5.36. The summed E-state index contributed by atoms with van der Waals surface area (Å²) in [5, 5.41) is 5.00. The van der Waals surface area contributed by atoms with E-state index in [9.17, 15) is 9.59 Å². The highest BCUT2D eigenvalue weighted by Crippen LogP contribution is 2.36. The summed E-state index contributed by atoms with van der Waals surface area (Å²) in [6.45, 7) is 3.30. The molecule has 0 spiro atoms. The highest BCUT2D eigenvalue weighted by Gasteiger charge is 2.39. The predicted molar refractivity (Wildman–Crippen MR) is 112 cm³/mol. The fourth-order valence-corrected chi connectivity index (χ4v) is 3.83. The van der Waals surface area contributed by atoms with Crippen molar-refractivity contribution in [3.63, 3.8) is 0 Å². The molecule has 0 saturated carbocycles. The molecule has 1 aliphatic rings. The Morgan fingerprint density at radius 3 is 2.59 bits per heavy atom. The van der Waals surface area contributed by atoms with E-state index in [-0.39, 0.29) is 17.5 Å². The third-order valence-electron chi connectivity index (χ3n) is 4.48. The van der Waals surface area contributed by atoms with Gasteiger partial charge in [-0.25, -0.2) is 0 Å². The molecule has 1 N–H and O–H groups in total. The summed E-state index contributed by atoms with van der Waals surface area (Å²) in [4.78, 5) is 28.2. The van der Waals surface area contributed by atoms with Gasteiger partial charge in [0.2, 0.25) is 0 Å². The van der Waals surface area contributed by atoms with Crippen LogP contribution in [0, 0.1) is 0 Å². The van der Waals surface area contributed by atoms with Gasteiger partial charge in [0, 0.05) is 30.7 Å². The fraction of sp³-hybridized carbons (Fsp3) is 0.333. The molecular weight excluding hydrogens is 392 g/mol. The Bertz CT molecular complexity index is 908. The molecule has 0 saturated heterocycles. The van der Waals surface area contributed by atoms with Crippen molar-refractivity contribution in [1.82, 2.24) is 4.90 Å². The second-order valence-electron chi connectivity index (χ2n) is 6.23. The van der Waals surface area contributed by atoms with Gasteiger partial charge in [0.15, 0.2) is 0 Å². The zero-order valence-electron chi connectivity index (χ0n) is 16.7. The first-order chi connectivity index (χ1) is 14.1. The smallest absolute Gasteiger partial charge is 0.278 e. The number of amides is 2. The molecule has 1 aromatic carbocycles. The Kier molecular flexibility index (Phi) is 6.90. The molecule has 7 nitrogen and oxygen atoms in total. The maximum absolute atomic E-state index is 13.1. The van der Waals surface area contributed by atoms with Gasteiger partial charge < -0.3 is 19.5 Å². The van der Waals surface area contributed by atoms with E-state index in [0.717, 1.165) is 4.88 Å². The van der Waals surface area contributed by atoms with Crippen LogP contribution < -0.4 is 14.8 Å². The number of benzene rings is 1. The van der Waals surface area contributed by atoms with Crippen LogP contribution in [0.2, 0.25) is 0 Å². The van der Waals surface area contributed by atoms with Gasteiger partial charge in [-0.1, -0.05) is 6.07 Å². The second kappa shape index (κ2) is 9.58. The van der Waals surface area contributed by atoms with Crippen LogP contribution in [-0.4, -0.2) is 50.7 Å². The first kappa shape index (κ1) is 20.9. The Hall–Kier alpha value is -2.84. The number of methoxy groups -OCH3 is 2. The van der Waals surface area contributed by atoms with Crippen LogP contribution in [0.4, 0.5) is 5.69 Å². The van der Waals surface area contributed by atoms with Crippen LogP contribution >= 0.6 is 11.3 Å². The van der Waals surface area contributed by atoms with Crippen molar-refractivity contribution in [2.45, 2.75) is 13.3 Å². The largest absolute Gasteiger partial charge is 0.497 e. The topological polar surface area (TPSA) is 77.1 Å². The quantitative estimate of drug-likeness (QED) is 0.473. The molecule has 0 unspecified atom stereocenters. The van der Waals surface area contributed by atoms with Gasteiger partial charge in [-0.15, -0.1) is 11.3 Å². The van der Waals surface area contributed by atoms with E-state index in [1.165, 1.54) is 16.2 Å². The highest BCUT2D eigenvalue weighted by molar-refractivity contribution is 7.11. The first-order valence-electron chi connectivity index (χ1n) is 9.31. The molecule has 3 rings (SSSR count). The minimum Gasteiger partial charge on any atom is -0.497 e. The molecule has 154 valence electrons. The summed E-state index contributed by atoms with van der Waals surface area (Å²) in [6.07, 6.45) is 0.582. The lowest BCUT2D eigenvalue weighted by Crippen LogP contribution is -2.34. The number of hydrogen-bond donors (Lipinski definition) is 1. The highest BCUT2D eigenvalue weighted by atomic mass is 32.1. The van der Waals surface area contributed by atoms with Gasteiger partial charge in [0.1, 0.15) is 17.2 Å². The van der Waals surface area contributed by atoms with Crippen molar-refractivity contribution in [2.24, 2.45) is 0 Å². The van der Waals surface area contributed by atoms with Crippen molar-refractivity contribution in [3.8, 4) is 11.5 Å².